The van der Waals surface area contributed by atoms with Crippen LogP contribution < -0.4 is 5.32 Å². The minimum Gasteiger partial charge on any atom is -0.347 e. The predicted octanol–water partition coefficient (Wildman–Crippen LogP) is 4.20. The largest absolute Gasteiger partial charge is 0.435 e. The molecule has 0 saturated carbocycles. The summed E-state index contributed by atoms with van der Waals surface area (Å²) in [5.41, 5.74) is -2.34. The van der Waals surface area contributed by atoms with Crippen molar-refractivity contribution in [3.63, 3.8) is 0 Å². The van der Waals surface area contributed by atoms with Crippen molar-refractivity contribution < 1.29 is 35.5 Å². The standard InChI is InChI=1S/C22H16F7N7O/c23-13-7-11(9-30-16(13)19-33-15-8-12(21(24,25)26)4-6-36(15)34-19)10-31-20(37)17-18(22(27,28)29)32-14-3-1-2-5-35(14)17/h1-3,5,7,9,12H,4,6,8,10H2,(H,31,37). The molecular weight excluding hydrogens is 511 g/mol. The van der Waals surface area contributed by atoms with Gasteiger partial charge in [0.1, 0.15) is 22.9 Å². The Kier molecular flexibility index (Phi) is 5.87. The van der Waals surface area contributed by atoms with Crippen LogP contribution in [0.15, 0.2) is 36.7 Å². The number of pyridine rings is 2. The van der Waals surface area contributed by atoms with E-state index >= 15 is 0 Å². The average Bonchev–Trinajstić information content (AvgIpc) is 3.43. The number of nitrogens with zero attached hydrogens (tertiary/aromatic N) is 6. The number of hydrogen-bond acceptors (Lipinski definition) is 5. The molecule has 4 aromatic rings. The summed E-state index contributed by atoms with van der Waals surface area (Å²) in [6, 6.07) is 5.21. The third-order valence-electron chi connectivity index (χ3n) is 5.91. The van der Waals surface area contributed by atoms with Gasteiger partial charge in [0, 0.05) is 31.9 Å². The monoisotopic (exact) mass is 527 g/mol. The fourth-order valence-corrected chi connectivity index (χ4v) is 4.10. The Morgan fingerprint density at radius 2 is 1.92 bits per heavy atom. The molecule has 1 unspecified atom stereocenters. The minimum atomic E-state index is -4.88. The lowest BCUT2D eigenvalue weighted by Gasteiger charge is -2.24. The van der Waals surface area contributed by atoms with E-state index in [4.69, 9.17) is 0 Å². The zero-order chi connectivity index (χ0) is 26.5. The lowest BCUT2D eigenvalue weighted by atomic mass is 9.98. The maximum absolute atomic E-state index is 14.8. The quantitative estimate of drug-likeness (QED) is 0.402. The van der Waals surface area contributed by atoms with E-state index < -0.39 is 41.4 Å². The molecule has 1 N–H and O–H groups in total. The molecule has 1 aliphatic rings. The van der Waals surface area contributed by atoms with Crippen molar-refractivity contribution >= 4 is 11.6 Å². The first-order valence-electron chi connectivity index (χ1n) is 10.9. The highest BCUT2D eigenvalue weighted by Crippen LogP contribution is 2.35. The lowest BCUT2D eigenvalue weighted by molar-refractivity contribution is -0.179. The van der Waals surface area contributed by atoms with Crippen LogP contribution in [0.3, 0.4) is 0 Å². The van der Waals surface area contributed by atoms with Crippen molar-refractivity contribution in [2.24, 2.45) is 5.92 Å². The number of carbonyl (C=O) groups excluding carboxylic acids is 1. The van der Waals surface area contributed by atoms with Gasteiger partial charge in [-0.1, -0.05) is 6.07 Å². The maximum atomic E-state index is 14.8. The molecular formula is C22H16F7N7O. The molecule has 5 rings (SSSR count). The highest BCUT2D eigenvalue weighted by molar-refractivity contribution is 5.94. The number of nitrogens with one attached hydrogen (secondary N) is 1. The van der Waals surface area contributed by atoms with Crippen LogP contribution in [0.5, 0.6) is 0 Å². The molecule has 194 valence electrons. The number of aromatic nitrogens is 6. The van der Waals surface area contributed by atoms with Crippen molar-refractivity contribution in [3.05, 3.63) is 65.3 Å². The summed E-state index contributed by atoms with van der Waals surface area (Å²) >= 11 is 0. The van der Waals surface area contributed by atoms with Gasteiger partial charge in [-0.15, -0.1) is 5.10 Å². The van der Waals surface area contributed by atoms with Gasteiger partial charge >= 0.3 is 12.4 Å². The van der Waals surface area contributed by atoms with Gasteiger partial charge in [-0.2, -0.15) is 26.3 Å². The van der Waals surface area contributed by atoms with E-state index in [1.807, 2.05) is 0 Å². The van der Waals surface area contributed by atoms with Crippen LogP contribution in [0.1, 0.15) is 34.0 Å². The van der Waals surface area contributed by atoms with Gasteiger partial charge in [-0.3, -0.25) is 9.20 Å². The van der Waals surface area contributed by atoms with Gasteiger partial charge in [-0.05, 0) is 30.2 Å². The van der Waals surface area contributed by atoms with E-state index in [-0.39, 0.29) is 54.5 Å². The van der Waals surface area contributed by atoms with Gasteiger partial charge < -0.3 is 5.32 Å². The highest BCUT2D eigenvalue weighted by Gasteiger charge is 2.42. The Morgan fingerprint density at radius 3 is 2.62 bits per heavy atom. The minimum absolute atomic E-state index is 0.0264. The summed E-state index contributed by atoms with van der Waals surface area (Å²) in [6.45, 7) is -0.387. The summed E-state index contributed by atoms with van der Waals surface area (Å²) in [7, 11) is 0. The van der Waals surface area contributed by atoms with Crippen molar-refractivity contribution in [1.29, 1.82) is 0 Å². The third-order valence-corrected chi connectivity index (χ3v) is 5.91. The second-order valence-corrected chi connectivity index (χ2v) is 8.40. The number of halogens is 7. The number of fused-ring (bicyclic) bond motifs is 2. The topological polar surface area (TPSA) is 90.0 Å². The van der Waals surface area contributed by atoms with E-state index in [0.29, 0.717) is 0 Å². The van der Waals surface area contributed by atoms with Gasteiger partial charge in [-0.25, -0.2) is 24.0 Å². The second-order valence-electron chi connectivity index (χ2n) is 8.40. The lowest BCUT2D eigenvalue weighted by Crippen LogP contribution is -2.31. The van der Waals surface area contributed by atoms with E-state index in [9.17, 15) is 35.5 Å². The van der Waals surface area contributed by atoms with Crippen molar-refractivity contribution in [3.8, 4) is 11.5 Å². The first-order valence-corrected chi connectivity index (χ1v) is 10.9. The van der Waals surface area contributed by atoms with E-state index in [0.717, 1.165) is 16.7 Å². The summed E-state index contributed by atoms with van der Waals surface area (Å²) in [5.74, 6) is -3.68. The molecule has 15 heteroatoms. The number of aryl methyl sites for hydroxylation is 1. The Hall–Kier alpha value is -4.04. The number of amides is 1. The molecule has 1 amide bonds. The zero-order valence-corrected chi connectivity index (χ0v) is 18.6. The van der Waals surface area contributed by atoms with E-state index in [1.165, 1.54) is 29.1 Å². The van der Waals surface area contributed by atoms with Crippen molar-refractivity contribution in [1.82, 2.24) is 34.4 Å². The van der Waals surface area contributed by atoms with Crippen LogP contribution in [0.25, 0.3) is 17.2 Å². The molecule has 5 heterocycles. The molecule has 8 nitrogen and oxygen atoms in total. The predicted molar refractivity (Wildman–Crippen MR) is 112 cm³/mol. The van der Waals surface area contributed by atoms with Crippen LogP contribution >= 0.6 is 0 Å². The van der Waals surface area contributed by atoms with Crippen LogP contribution in [-0.2, 0) is 25.7 Å². The molecule has 0 spiro atoms. The highest BCUT2D eigenvalue weighted by atomic mass is 19.4. The summed E-state index contributed by atoms with van der Waals surface area (Å²) in [6.07, 6.45) is -7.39. The van der Waals surface area contributed by atoms with E-state index in [1.54, 1.807) is 0 Å². The average molecular weight is 527 g/mol. The molecule has 0 aromatic carbocycles. The Bertz CT molecular complexity index is 1490. The van der Waals surface area contributed by atoms with Crippen molar-refractivity contribution in [2.75, 3.05) is 0 Å². The molecule has 4 aromatic heterocycles. The number of hydrogen-bond donors (Lipinski definition) is 1. The fraction of sp³-hybridized carbons (Fsp3) is 0.318. The summed E-state index contributed by atoms with van der Waals surface area (Å²) in [4.78, 5) is 24.1. The normalized spacial score (nSPS) is 16.1. The summed E-state index contributed by atoms with van der Waals surface area (Å²) in [5, 5.41) is 6.35. The van der Waals surface area contributed by atoms with Crippen LogP contribution in [0.4, 0.5) is 30.7 Å². The zero-order valence-electron chi connectivity index (χ0n) is 18.6. The molecule has 0 aliphatic carbocycles. The smallest absolute Gasteiger partial charge is 0.347 e. The Balaban J connectivity index is 1.33. The van der Waals surface area contributed by atoms with E-state index in [2.05, 4.69) is 25.4 Å². The number of imidazole rings is 1. The number of carbonyl (C=O) groups is 1. The molecule has 0 bridgehead atoms. The first-order chi connectivity index (χ1) is 17.4. The third kappa shape index (κ3) is 4.72. The molecule has 0 saturated heterocycles. The molecule has 0 radical (unpaired) electrons. The number of rotatable bonds is 4. The maximum Gasteiger partial charge on any atom is 0.435 e. The van der Waals surface area contributed by atoms with Gasteiger partial charge in [0.15, 0.2) is 11.5 Å². The number of alkyl halides is 6. The van der Waals surface area contributed by atoms with Crippen molar-refractivity contribution in [2.45, 2.75) is 38.3 Å². The first kappa shape index (κ1) is 24.6. The van der Waals surface area contributed by atoms with Crippen LogP contribution in [-0.4, -0.2) is 41.2 Å². The second kappa shape index (κ2) is 8.81. The molecule has 0 fully saturated rings. The Morgan fingerprint density at radius 1 is 1.14 bits per heavy atom. The van der Waals surface area contributed by atoms with Crippen LogP contribution in [0, 0.1) is 11.7 Å². The Labute approximate surface area is 203 Å². The van der Waals surface area contributed by atoms with Gasteiger partial charge in [0.05, 0.1) is 5.92 Å². The molecule has 37 heavy (non-hydrogen) atoms. The van der Waals surface area contributed by atoms with Gasteiger partial charge in [0.2, 0.25) is 5.82 Å². The fourth-order valence-electron chi connectivity index (χ4n) is 4.10. The van der Waals surface area contributed by atoms with Gasteiger partial charge in [0.25, 0.3) is 5.91 Å². The molecule has 1 aliphatic heterocycles. The molecule has 1 atom stereocenters. The summed E-state index contributed by atoms with van der Waals surface area (Å²) < 4.78 is 96.5. The van der Waals surface area contributed by atoms with Crippen LogP contribution in [0.2, 0.25) is 0 Å². The SMILES string of the molecule is O=C(NCc1cnc(-c2nc3n(n2)CCC(C(F)(F)F)C3)c(F)c1)c1c(C(F)(F)F)nc2ccccn12.